The van der Waals surface area contributed by atoms with E-state index in [1.54, 1.807) is 25.1 Å². The highest BCUT2D eigenvalue weighted by Gasteiger charge is 2.36. The third-order valence-corrected chi connectivity index (χ3v) is 7.26. The van der Waals surface area contributed by atoms with Gasteiger partial charge in [0.1, 0.15) is 23.5 Å². The number of carbonyl (C=O) groups is 2. The minimum Gasteiger partial charge on any atom is -0.347 e. The van der Waals surface area contributed by atoms with Crippen LogP contribution in [0.4, 0.5) is 10.1 Å². The van der Waals surface area contributed by atoms with E-state index < -0.39 is 28.1 Å². The van der Waals surface area contributed by atoms with Crippen LogP contribution in [0.1, 0.15) is 49.3 Å². The molecule has 1 atom stereocenters. The summed E-state index contributed by atoms with van der Waals surface area (Å²) in [4.78, 5) is 33.4. The second-order valence-electron chi connectivity index (χ2n) is 8.21. The van der Waals surface area contributed by atoms with Crippen LogP contribution >= 0.6 is 0 Å². The standard InChI is InChI=1S/C24H22FN7O4S/c1-14-7-16(4-6-18(14)25)11-28-23(33)19-9-20(30-13-29-19)24(34)31-21-12-32(37(35,36)27-2)22-8-15(10-26)3-5-17(21)22/h3-9,13,21,27H,11-12H2,1-2H3,(H,28,33)(H,31,34). The molecular weight excluding hydrogens is 501 g/mol. The molecule has 1 aliphatic heterocycles. The highest BCUT2D eigenvalue weighted by atomic mass is 32.2. The number of fused-ring (bicyclic) bond motifs is 1. The minimum absolute atomic E-state index is 0.0520. The van der Waals surface area contributed by atoms with E-state index in [4.69, 9.17) is 0 Å². The van der Waals surface area contributed by atoms with E-state index in [2.05, 4.69) is 25.3 Å². The van der Waals surface area contributed by atoms with E-state index in [1.165, 1.54) is 31.3 Å². The second kappa shape index (κ2) is 10.3. The number of benzene rings is 2. The zero-order chi connectivity index (χ0) is 26.7. The van der Waals surface area contributed by atoms with Gasteiger partial charge >= 0.3 is 10.2 Å². The van der Waals surface area contributed by atoms with Gasteiger partial charge in [0.2, 0.25) is 0 Å². The topological polar surface area (TPSA) is 157 Å². The molecule has 0 saturated heterocycles. The molecule has 0 fully saturated rings. The van der Waals surface area contributed by atoms with Crippen molar-refractivity contribution in [1.82, 2.24) is 25.3 Å². The van der Waals surface area contributed by atoms with Gasteiger partial charge in [0, 0.05) is 25.2 Å². The number of nitriles is 1. The van der Waals surface area contributed by atoms with Crippen LogP contribution in [0.2, 0.25) is 0 Å². The second-order valence-corrected chi connectivity index (χ2v) is 10.0. The number of halogens is 1. The van der Waals surface area contributed by atoms with Crippen LogP contribution in [0, 0.1) is 24.1 Å². The maximum Gasteiger partial charge on any atom is 0.301 e. The molecule has 4 rings (SSSR count). The quantitative estimate of drug-likeness (QED) is 0.423. The maximum atomic E-state index is 13.5. The predicted octanol–water partition coefficient (Wildman–Crippen LogP) is 1.48. The summed E-state index contributed by atoms with van der Waals surface area (Å²) in [6.45, 7) is 1.65. The molecule has 2 heterocycles. The van der Waals surface area contributed by atoms with E-state index in [0.29, 0.717) is 16.7 Å². The highest BCUT2D eigenvalue weighted by Crippen LogP contribution is 2.37. The number of rotatable bonds is 7. The molecule has 1 unspecified atom stereocenters. The van der Waals surface area contributed by atoms with Crippen LogP contribution in [-0.4, -0.2) is 43.8 Å². The van der Waals surface area contributed by atoms with Crippen molar-refractivity contribution in [3.8, 4) is 6.07 Å². The third kappa shape index (κ3) is 5.40. The van der Waals surface area contributed by atoms with Gasteiger partial charge in [0.05, 0.1) is 29.9 Å². The molecule has 0 saturated carbocycles. The number of aromatic nitrogens is 2. The summed E-state index contributed by atoms with van der Waals surface area (Å²) >= 11 is 0. The molecule has 1 aromatic heterocycles. The molecule has 0 radical (unpaired) electrons. The van der Waals surface area contributed by atoms with Crippen molar-refractivity contribution >= 4 is 27.7 Å². The molecular formula is C24H22FN7O4S. The van der Waals surface area contributed by atoms with E-state index in [1.807, 2.05) is 6.07 Å². The van der Waals surface area contributed by atoms with Crippen molar-refractivity contribution in [1.29, 1.82) is 5.26 Å². The number of carbonyl (C=O) groups excluding carboxylic acids is 2. The van der Waals surface area contributed by atoms with Gasteiger partial charge < -0.3 is 10.6 Å². The number of hydrogen-bond acceptors (Lipinski definition) is 7. The van der Waals surface area contributed by atoms with Crippen LogP contribution in [0.5, 0.6) is 0 Å². The molecule has 0 spiro atoms. The van der Waals surface area contributed by atoms with Gasteiger partial charge in [0.25, 0.3) is 11.8 Å². The summed E-state index contributed by atoms with van der Waals surface area (Å²) in [6, 6.07) is 11.5. The van der Waals surface area contributed by atoms with Crippen LogP contribution in [0.25, 0.3) is 0 Å². The molecule has 0 bridgehead atoms. The van der Waals surface area contributed by atoms with Crippen LogP contribution in [0.15, 0.2) is 48.8 Å². The molecule has 37 heavy (non-hydrogen) atoms. The number of nitrogens with one attached hydrogen (secondary N) is 3. The fourth-order valence-electron chi connectivity index (χ4n) is 3.88. The van der Waals surface area contributed by atoms with E-state index in [9.17, 15) is 27.7 Å². The summed E-state index contributed by atoms with van der Waals surface area (Å²) in [5.74, 6) is -1.54. The van der Waals surface area contributed by atoms with Crippen molar-refractivity contribution in [3.05, 3.63) is 88.3 Å². The number of anilines is 1. The zero-order valence-corrected chi connectivity index (χ0v) is 20.6. The molecule has 0 aliphatic carbocycles. The van der Waals surface area contributed by atoms with Gasteiger partial charge in [-0.2, -0.15) is 13.7 Å². The molecule has 3 aromatic rings. The number of nitrogens with zero attached hydrogens (tertiary/aromatic N) is 4. The van der Waals surface area contributed by atoms with Crippen molar-refractivity contribution in [2.24, 2.45) is 0 Å². The van der Waals surface area contributed by atoms with E-state index >= 15 is 0 Å². The molecule has 3 N–H and O–H groups in total. The Bertz CT molecular complexity index is 1540. The third-order valence-electron chi connectivity index (χ3n) is 5.81. The Morgan fingerprint density at radius 1 is 1.14 bits per heavy atom. The summed E-state index contributed by atoms with van der Waals surface area (Å²) in [6.07, 6.45) is 1.07. The molecule has 190 valence electrons. The molecule has 2 aromatic carbocycles. The van der Waals surface area contributed by atoms with Crippen LogP contribution in [0.3, 0.4) is 0 Å². The average Bonchev–Trinajstić information content (AvgIpc) is 3.27. The van der Waals surface area contributed by atoms with Gasteiger partial charge in [0.15, 0.2) is 0 Å². The predicted molar refractivity (Wildman–Crippen MR) is 131 cm³/mol. The Labute approximate surface area is 212 Å². The lowest BCUT2D eigenvalue weighted by Gasteiger charge is -2.19. The summed E-state index contributed by atoms with van der Waals surface area (Å²) in [7, 11) is -2.64. The van der Waals surface area contributed by atoms with Gasteiger partial charge in [-0.3, -0.25) is 13.9 Å². The normalized spacial score (nSPS) is 14.5. The number of aryl methyl sites for hydroxylation is 1. The molecule has 13 heteroatoms. The lowest BCUT2D eigenvalue weighted by Crippen LogP contribution is -2.40. The lowest BCUT2D eigenvalue weighted by atomic mass is 10.1. The first-order valence-electron chi connectivity index (χ1n) is 11.0. The summed E-state index contributed by atoms with van der Waals surface area (Å²) < 4.78 is 41.8. The SMILES string of the molecule is CNS(=O)(=O)N1CC(NC(=O)c2cc(C(=O)NCc3ccc(F)c(C)c3)ncn2)c2ccc(C#N)cc21. The maximum absolute atomic E-state index is 13.5. The average molecular weight is 524 g/mol. The first-order chi connectivity index (χ1) is 17.6. The molecule has 11 nitrogen and oxygen atoms in total. The first-order valence-corrected chi connectivity index (χ1v) is 12.5. The smallest absolute Gasteiger partial charge is 0.301 e. The Morgan fingerprint density at radius 2 is 1.86 bits per heavy atom. The number of amides is 2. The van der Waals surface area contributed by atoms with E-state index in [-0.39, 0.29) is 41.5 Å². The van der Waals surface area contributed by atoms with Crippen molar-refractivity contribution in [3.63, 3.8) is 0 Å². The molecule has 2 amide bonds. The monoisotopic (exact) mass is 523 g/mol. The Balaban J connectivity index is 1.50. The van der Waals surface area contributed by atoms with Crippen molar-refractivity contribution < 1.29 is 22.4 Å². The van der Waals surface area contributed by atoms with Crippen molar-refractivity contribution in [2.45, 2.75) is 19.5 Å². The Morgan fingerprint density at radius 3 is 2.54 bits per heavy atom. The summed E-state index contributed by atoms with van der Waals surface area (Å²) in [5.41, 5.74) is 2.05. The van der Waals surface area contributed by atoms with Gasteiger partial charge in [-0.25, -0.2) is 19.1 Å². The van der Waals surface area contributed by atoms with Gasteiger partial charge in [-0.15, -0.1) is 0 Å². The van der Waals surface area contributed by atoms with E-state index in [0.717, 1.165) is 10.6 Å². The largest absolute Gasteiger partial charge is 0.347 e. The first kappa shape index (κ1) is 25.7. The minimum atomic E-state index is -3.90. The Hall–Kier alpha value is -4.41. The Kier molecular flexibility index (Phi) is 7.14. The van der Waals surface area contributed by atoms with Gasteiger partial charge in [-0.1, -0.05) is 18.2 Å². The van der Waals surface area contributed by atoms with Crippen LogP contribution in [-0.2, 0) is 16.8 Å². The highest BCUT2D eigenvalue weighted by molar-refractivity contribution is 7.90. The van der Waals surface area contributed by atoms with Crippen LogP contribution < -0.4 is 19.7 Å². The fourth-order valence-corrected chi connectivity index (χ4v) is 4.86. The number of hydrogen-bond donors (Lipinski definition) is 3. The molecule has 1 aliphatic rings. The van der Waals surface area contributed by atoms with Crippen molar-refractivity contribution in [2.75, 3.05) is 17.9 Å². The fraction of sp³-hybridized carbons (Fsp3) is 0.208. The van der Waals surface area contributed by atoms with Gasteiger partial charge in [-0.05, 0) is 36.2 Å². The zero-order valence-electron chi connectivity index (χ0n) is 19.8. The summed E-state index contributed by atoms with van der Waals surface area (Å²) in [5, 5.41) is 14.6. The lowest BCUT2D eigenvalue weighted by molar-refractivity contribution is 0.0934.